The largest absolute Gasteiger partial charge is 0.459 e. The van der Waals surface area contributed by atoms with Crippen molar-refractivity contribution >= 4 is 24.0 Å². The van der Waals surface area contributed by atoms with E-state index >= 15 is 0 Å². The second kappa shape index (κ2) is 12.9. The van der Waals surface area contributed by atoms with Gasteiger partial charge in [0.05, 0.1) is 5.92 Å². The summed E-state index contributed by atoms with van der Waals surface area (Å²) in [7, 11) is 0. The molecule has 0 aliphatic carbocycles. The zero-order chi connectivity index (χ0) is 28.8. The fraction of sp³-hybridized carbons (Fsp3) is 0.500. The van der Waals surface area contributed by atoms with Crippen molar-refractivity contribution < 1.29 is 28.7 Å². The maximum atomic E-state index is 13.5. The van der Waals surface area contributed by atoms with Crippen LogP contribution in [0, 0.1) is 17.8 Å². The lowest BCUT2D eigenvalue weighted by molar-refractivity contribution is -0.171. The summed E-state index contributed by atoms with van der Waals surface area (Å²) in [6, 6.07) is 11.2. The van der Waals surface area contributed by atoms with Crippen molar-refractivity contribution in [3.63, 3.8) is 0 Å². The Hall–Kier alpha value is -3.95. The van der Waals surface area contributed by atoms with Gasteiger partial charge in [-0.2, -0.15) is 0 Å². The van der Waals surface area contributed by atoms with Crippen molar-refractivity contribution in [2.75, 3.05) is 26.2 Å². The summed E-state index contributed by atoms with van der Waals surface area (Å²) in [5.41, 5.74) is 1.60. The van der Waals surface area contributed by atoms with Gasteiger partial charge in [-0.3, -0.25) is 9.78 Å². The SMILES string of the molecule is CC(C)C(OC(=O)N1CCN(C(=O)N2C(=O)[C@H](Cc3cccnc3)[C@H]2C(=O)OCc2ccccc2)CC1)C(C)C. The number of urea groups is 1. The number of aromatic nitrogens is 1. The molecule has 1 aromatic carbocycles. The summed E-state index contributed by atoms with van der Waals surface area (Å²) in [6.45, 7) is 9.11. The molecule has 3 heterocycles. The highest BCUT2D eigenvalue weighted by Crippen LogP contribution is 2.33. The van der Waals surface area contributed by atoms with Crippen LogP contribution in [0.2, 0.25) is 0 Å². The number of β-lactam (4-membered cyclic amide) rings is 1. The number of rotatable bonds is 8. The molecule has 2 aliphatic rings. The number of carbonyl (C=O) groups is 4. The Morgan fingerprint density at radius 2 is 1.52 bits per heavy atom. The van der Waals surface area contributed by atoms with Crippen LogP contribution >= 0.6 is 0 Å². The molecule has 4 rings (SSSR count). The van der Waals surface area contributed by atoms with Crippen LogP contribution in [0.25, 0.3) is 0 Å². The van der Waals surface area contributed by atoms with Gasteiger partial charge in [-0.25, -0.2) is 19.3 Å². The number of likely N-dealkylation sites (tertiary alicyclic amines) is 1. The van der Waals surface area contributed by atoms with Crippen LogP contribution in [0.15, 0.2) is 54.9 Å². The third kappa shape index (κ3) is 6.60. The molecule has 2 aliphatic heterocycles. The molecule has 10 nitrogen and oxygen atoms in total. The number of nitrogens with zero attached hydrogens (tertiary/aromatic N) is 4. The lowest BCUT2D eigenvalue weighted by Crippen LogP contribution is -2.70. The van der Waals surface area contributed by atoms with Crippen molar-refractivity contribution in [2.45, 2.75) is 52.9 Å². The fourth-order valence-electron chi connectivity index (χ4n) is 5.28. The minimum Gasteiger partial charge on any atom is -0.459 e. The average molecular weight is 551 g/mol. The molecule has 0 unspecified atom stereocenters. The standard InChI is InChI=1S/C30H38N4O6/c1-20(2)26(21(3)4)40-30(38)33-15-13-32(14-16-33)29(37)34-25(28(36)39-19-22-9-6-5-7-10-22)24(27(34)35)17-23-11-8-12-31-18-23/h5-12,18,20-21,24-26H,13-17,19H2,1-4H3/t24-,25+/m1/s1. The van der Waals surface area contributed by atoms with E-state index in [4.69, 9.17) is 9.47 Å². The van der Waals surface area contributed by atoms with Crippen LogP contribution in [-0.2, 0) is 32.1 Å². The van der Waals surface area contributed by atoms with Crippen molar-refractivity contribution in [2.24, 2.45) is 17.8 Å². The molecule has 4 amide bonds. The van der Waals surface area contributed by atoms with Crippen LogP contribution in [-0.4, -0.2) is 82.0 Å². The molecule has 0 bridgehead atoms. The zero-order valence-electron chi connectivity index (χ0n) is 23.6. The Bertz CT molecular complexity index is 1170. The summed E-state index contributed by atoms with van der Waals surface area (Å²) in [6.07, 6.45) is 2.94. The minimum absolute atomic E-state index is 0.0422. The predicted molar refractivity (Wildman–Crippen MR) is 147 cm³/mol. The monoisotopic (exact) mass is 550 g/mol. The molecule has 0 radical (unpaired) electrons. The molecule has 2 fully saturated rings. The number of amides is 4. The smallest absolute Gasteiger partial charge is 0.410 e. The second-order valence-corrected chi connectivity index (χ2v) is 11.0. The van der Waals surface area contributed by atoms with Crippen molar-refractivity contribution in [1.29, 1.82) is 0 Å². The van der Waals surface area contributed by atoms with Gasteiger partial charge in [-0.15, -0.1) is 0 Å². The summed E-state index contributed by atoms with van der Waals surface area (Å²) in [4.78, 5) is 60.9. The number of benzene rings is 1. The van der Waals surface area contributed by atoms with E-state index in [2.05, 4.69) is 4.98 Å². The van der Waals surface area contributed by atoms with Gasteiger partial charge in [-0.1, -0.05) is 64.1 Å². The highest BCUT2D eigenvalue weighted by molar-refractivity contribution is 6.08. The molecule has 0 saturated carbocycles. The van der Waals surface area contributed by atoms with E-state index in [0.29, 0.717) is 0 Å². The lowest BCUT2D eigenvalue weighted by atomic mass is 9.82. The van der Waals surface area contributed by atoms with Crippen LogP contribution in [0.4, 0.5) is 9.59 Å². The second-order valence-electron chi connectivity index (χ2n) is 11.0. The van der Waals surface area contributed by atoms with Gasteiger partial charge < -0.3 is 19.3 Å². The first-order valence-electron chi connectivity index (χ1n) is 13.8. The van der Waals surface area contributed by atoms with E-state index in [1.807, 2.05) is 64.1 Å². The van der Waals surface area contributed by atoms with Crippen LogP contribution in [0.1, 0.15) is 38.8 Å². The number of hydrogen-bond acceptors (Lipinski definition) is 7. The molecule has 2 atom stereocenters. The molecule has 0 spiro atoms. The number of imide groups is 1. The normalized spacial score (nSPS) is 19.2. The fourth-order valence-corrected chi connectivity index (χ4v) is 5.28. The van der Waals surface area contributed by atoms with Gasteiger partial charge in [-0.05, 0) is 35.4 Å². The van der Waals surface area contributed by atoms with Crippen LogP contribution < -0.4 is 0 Å². The molecule has 40 heavy (non-hydrogen) atoms. The minimum atomic E-state index is -1.04. The zero-order valence-corrected chi connectivity index (χ0v) is 23.6. The maximum absolute atomic E-state index is 13.5. The van der Waals surface area contributed by atoms with Crippen molar-refractivity contribution in [3.8, 4) is 0 Å². The summed E-state index contributed by atoms with van der Waals surface area (Å²) in [5, 5.41) is 0. The number of ether oxygens (including phenoxy) is 2. The Kier molecular flexibility index (Phi) is 9.39. The van der Waals surface area contributed by atoms with Crippen molar-refractivity contribution in [1.82, 2.24) is 19.7 Å². The molecule has 1 aromatic heterocycles. The van der Waals surface area contributed by atoms with Gasteiger partial charge in [0.2, 0.25) is 5.91 Å². The molecule has 10 heteroatoms. The third-order valence-corrected chi connectivity index (χ3v) is 7.42. The average Bonchev–Trinajstić information content (AvgIpc) is 2.96. The third-order valence-electron chi connectivity index (χ3n) is 7.42. The molecular weight excluding hydrogens is 512 g/mol. The van der Waals surface area contributed by atoms with Crippen LogP contribution in [0.5, 0.6) is 0 Å². The summed E-state index contributed by atoms with van der Waals surface area (Å²) >= 11 is 0. The van der Waals surface area contributed by atoms with Gasteiger partial charge in [0, 0.05) is 38.6 Å². The number of piperazine rings is 1. The van der Waals surface area contributed by atoms with E-state index in [1.165, 1.54) is 4.90 Å². The highest BCUT2D eigenvalue weighted by Gasteiger charge is 2.56. The Balaban J connectivity index is 1.41. The molecule has 2 saturated heterocycles. The van der Waals surface area contributed by atoms with Gasteiger partial charge in [0.25, 0.3) is 0 Å². The first-order valence-corrected chi connectivity index (χ1v) is 13.8. The first kappa shape index (κ1) is 29.0. The number of pyridine rings is 1. The topological polar surface area (TPSA) is 109 Å². The van der Waals surface area contributed by atoms with Gasteiger partial charge in [0.15, 0.2) is 6.04 Å². The Morgan fingerprint density at radius 1 is 0.900 bits per heavy atom. The molecule has 214 valence electrons. The Labute approximate surface area is 235 Å². The van der Waals surface area contributed by atoms with E-state index in [9.17, 15) is 19.2 Å². The van der Waals surface area contributed by atoms with E-state index in [0.717, 1.165) is 16.0 Å². The highest BCUT2D eigenvalue weighted by atomic mass is 16.6. The van der Waals surface area contributed by atoms with Crippen molar-refractivity contribution in [3.05, 3.63) is 66.0 Å². The van der Waals surface area contributed by atoms with Gasteiger partial charge >= 0.3 is 18.1 Å². The number of carbonyl (C=O) groups excluding carboxylic acids is 4. The Morgan fingerprint density at radius 3 is 2.12 bits per heavy atom. The maximum Gasteiger partial charge on any atom is 0.410 e. The first-order chi connectivity index (χ1) is 19.2. The molecule has 0 N–H and O–H groups in total. The lowest BCUT2D eigenvalue weighted by Gasteiger charge is -2.46. The van der Waals surface area contributed by atoms with Gasteiger partial charge in [0.1, 0.15) is 12.7 Å². The quantitative estimate of drug-likeness (QED) is 0.364. The van der Waals surface area contributed by atoms with E-state index in [-0.39, 0.29) is 57.1 Å². The number of esters is 1. The molecular formula is C30H38N4O6. The summed E-state index contributed by atoms with van der Waals surface area (Å²) in [5.74, 6) is -1.41. The summed E-state index contributed by atoms with van der Waals surface area (Å²) < 4.78 is 11.3. The van der Waals surface area contributed by atoms with Crippen LogP contribution in [0.3, 0.4) is 0 Å². The number of hydrogen-bond donors (Lipinski definition) is 0. The molecule has 2 aromatic rings. The van der Waals surface area contributed by atoms with E-state index < -0.39 is 36.0 Å². The predicted octanol–water partition coefficient (Wildman–Crippen LogP) is 3.75. The van der Waals surface area contributed by atoms with E-state index in [1.54, 1.807) is 23.4 Å².